The molecule has 0 fully saturated rings. The molecule has 114 valence electrons. The molecule has 0 aliphatic rings. The van der Waals surface area contributed by atoms with Gasteiger partial charge in [0.05, 0.1) is 19.1 Å². The van der Waals surface area contributed by atoms with Crippen LogP contribution in [0.3, 0.4) is 0 Å². The number of sulfonamides is 2. The van der Waals surface area contributed by atoms with E-state index in [1.807, 2.05) is 0 Å². The Labute approximate surface area is 125 Å². The summed E-state index contributed by atoms with van der Waals surface area (Å²) in [5.74, 6) is -0.833. The maximum atomic E-state index is 13.9. The Kier molecular flexibility index (Phi) is 5.39. The van der Waals surface area contributed by atoms with E-state index < -0.39 is 31.6 Å². The first-order valence-electron chi connectivity index (χ1n) is 5.26. The first-order chi connectivity index (χ1) is 9.07. The lowest BCUT2D eigenvalue weighted by Crippen LogP contribution is -2.35. The van der Waals surface area contributed by atoms with Crippen LogP contribution >= 0.6 is 15.9 Å². The first kappa shape index (κ1) is 17.2. The first-order valence-corrected chi connectivity index (χ1v) is 10.1. The van der Waals surface area contributed by atoms with Gasteiger partial charge in [-0.05, 0) is 12.1 Å². The summed E-state index contributed by atoms with van der Waals surface area (Å²) in [5, 5.41) is 0.537. The third kappa shape index (κ3) is 4.32. The number of hydrogen-bond donors (Lipinski definition) is 0. The Hall–Kier alpha value is -0.870. The van der Waals surface area contributed by atoms with Crippen LogP contribution in [0.2, 0.25) is 0 Å². The highest BCUT2D eigenvalue weighted by Gasteiger charge is 2.29. The largest absolute Gasteiger partial charge is 0.493 e. The molecular formula is C10H13BrFNO5S2. The number of ether oxygens (including phenoxy) is 1. The molecule has 10 heteroatoms. The van der Waals surface area contributed by atoms with Crippen molar-refractivity contribution in [2.75, 3.05) is 28.2 Å². The third-order valence-electron chi connectivity index (χ3n) is 2.06. The van der Waals surface area contributed by atoms with Crippen molar-refractivity contribution in [1.82, 2.24) is 0 Å². The van der Waals surface area contributed by atoms with Crippen molar-refractivity contribution in [1.29, 1.82) is 0 Å². The van der Waals surface area contributed by atoms with Gasteiger partial charge in [0.25, 0.3) is 0 Å². The van der Waals surface area contributed by atoms with Crippen LogP contribution in [-0.2, 0) is 20.0 Å². The predicted octanol–water partition coefficient (Wildman–Crippen LogP) is 1.33. The van der Waals surface area contributed by atoms with Crippen LogP contribution in [0.4, 0.5) is 10.1 Å². The molecule has 20 heavy (non-hydrogen) atoms. The quantitative estimate of drug-likeness (QED) is 0.685. The number of hydrogen-bond acceptors (Lipinski definition) is 5. The van der Waals surface area contributed by atoms with E-state index in [0.29, 0.717) is 24.4 Å². The fourth-order valence-corrected chi connectivity index (χ4v) is 4.63. The van der Waals surface area contributed by atoms with Crippen LogP contribution in [0.15, 0.2) is 18.2 Å². The average molecular weight is 390 g/mol. The van der Waals surface area contributed by atoms with Crippen molar-refractivity contribution in [3.63, 3.8) is 0 Å². The maximum absolute atomic E-state index is 13.9. The molecule has 0 N–H and O–H groups in total. The standard InChI is InChI=1S/C10H13BrFNO5S2/c1-19(14,15)13(20(2,16)17)10-4-3-8(7-9(10)12)18-6-5-11/h3-4,7H,5-6H2,1-2H3. The van der Waals surface area contributed by atoms with Crippen molar-refractivity contribution in [2.24, 2.45) is 0 Å². The Morgan fingerprint density at radius 1 is 1.20 bits per heavy atom. The van der Waals surface area contributed by atoms with Crippen molar-refractivity contribution in [2.45, 2.75) is 0 Å². The Morgan fingerprint density at radius 3 is 2.15 bits per heavy atom. The van der Waals surface area contributed by atoms with E-state index >= 15 is 0 Å². The summed E-state index contributed by atoms with van der Waals surface area (Å²) in [5.41, 5.74) is -0.568. The molecule has 0 amide bonds. The van der Waals surface area contributed by atoms with Crippen LogP contribution in [0, 0.1) is 5.82 Å². The lowest BCUT2D eigenvalue weighted by Gasteiger charge is -2.20. The molecule has 0 spiro atoms. The molecule has 0 aliphatic heterocycles. The van der Waals surface area contributed by atoms with Gasteiger partial charge in [0.1, 0.15) is 11.4 Å². The predicted molar refractivity (Wildman–Crippen MR) is 77.9 cm³/mol. The number of anilines is 1. The molecule has 0 heterocycles. The smallest absolute Gasteiger partial charge is 0.245 e. The van der Waals surface area contributed by atoms with E-state index in [9.17, 15) is 21.2 Å². The Morgan fingerprint density at radius 2 is 1.75 bits per heavy atom. The second-order valence-electron chi connectivity index (χ2n) is 3.87. The summed E-state index contributed by atoms with van der Waals surface area (Å²) in [4.78, 5) is 0. The van der Waals surface area contributed by atoms with Crippen LogP contribution in [0.25, 0.3) is 0 Å². The molecular weight excluding hydrogens is 377 g/mol. The summed E-state index contributed by atoms with van der Waals surface area (Å²) in [7, 11) is -8.34. The molecule has 6 nitrogen and oxygen atoms in total. The van der Waals surface area contributed by atoms with E-state index in [1.165, 1.54) is 6.07 Å². The van der Waals surface area contributed by atoms with E-state index in [0.717, 1.165) is 12.1 Å². The van der Waals surface area contributed by atoms with Crippen LogP contribution in [0.1, 0.15) is 0 Å². The summed E-state index contributed by atoms with van der Waals surface area (Å²) < 4.78 is 65.2. The van der Waals surface area contributed by atoms with Gasteiger partial charge in [-0.3, -0.25) is 0 Å². The topological polar surface area (TPSA) is 80.8 Å². The molecule has 0 radical (unpaired) electrons. The normalized spacial score (nSPS) is 12.2. The lowest BCUT2D eigenvalue weighted by molar-refractivity contribution is 0.343. The number of rotatable bonds is 6. The van der Waals surface area contributed by atoms with Crippen molar-refractivity contribution in [3.05, 3.63) is 24.0 Å². The van der Waals surface area contributed by atoms with Crippen LogP contribution in [0.5, 0.6) is 5.75 Å². The fraction of sp³-hybridized carbons (Fsp3) is 0.400. The number of halogens is 2. The zero-order valence-electron chi connectivity index (χ0n) is 10.7. The molecule has 0 saturated carbocycles. The number of benzene rings is 1. The van der Waals surface area contributed by atoms with Gasteiger partial charge < -0.3 is 4.74 Å². The number of alkyl halides is 1. The molecule has 0 saturated heterocycles. The summed E-state index contributed by atoms with van der Waals surface area (Å²) >= 11 is 3.13. The van der Waals surface area contributed by atoms with Gasteiger partial charge in [0.2, 0.25) is 20.0 Å². The SMILES string of the molecule is CS(=O)(=O)N(c1ccc(OCCBr)cc1F)S(C)(=O)=O. The zero-order valence-corrected chi connectivity index (χ0v) is 13.9. The molecule has 0 aliphatic carbocycles. The van der Waals surface area contributed by atoms with Gasteiger partial charge >= 0.3 is 0 Å². The van der Waals surface area contributed by atoms with Crippen LogP contribution < -0.4 is 8.45 Å². The second kappa shape index (κ2) is 6.27. The third-order valence-corrected chi connectivity index (χ3v) is 5.61. The summed E-state index contributed by atoms with van der Waals surface area (Å²) in [6, 6.07) is 3.27. The molecule has 0 bridgehead atoms. The van der Waals surface area contributed by atoms with E-state index in [4.69, 9.17) is 4.74 Å². The Bertz CT molecular complexity index is 658. The van der Waals surface area contributed by atoms with Gasteiger partial charge in [-0.25, -0.2) is 21.2 Å². The monoisotopic (exact) mass is 389 g/mol. The molecule has 1 rings (SSSR count). The van der Waals surface area contributed by atoms with Crippen molar-refractivity contribution >= 4 is 41.7 Å². The van der Waals surface area contributed by atoms with Crippen molar-refractivity contribution < 1.29 is 26.0 Å². The number of nitrogens with zero attached hydrogens (tertiary/aromatic N) is 1. The average Bonchev–Trinajstić information content (AvgIpc) is 2.26. The van der Waals surface area contributed by atoms with E-state index in [1.54, 1.807) is 0 Å². The fourth-order valence-electron chi connectivity index (χ4n) is 1.49. The minimum atomic E-state index is -4.17. The lowest BCUT2D eigenvalue weighted by atomic mass is 10.3. The summed E-state index contributed by atoms with van der Waals surface area (Å²) in [6.45, 7) is 0.292. The molecule has 0 atom stereocenters. The zero-order chi connectivity index (χ0) is 15.6. The highest BCUT2D eigenvalue weighted by Crippen LogP contribution is 2.27. The van der Waals surface area contributed by atoms with Gasteiger partial charge in [0.15, 0.2) is 5.82 Å². The highest BCUT2D eigenvalue weighted by molar-refractivity contribution is 9.09. The molecule has 0 aromatic heterocycles. The molecule has 1 aromatic rings. The van der Waals surface area contributed by atoms with Crippen molar-refractivity contribution in [3.8, 4) is 5.75 Å². The minimum absolute atomic E-state index is 0.0452. The van der Waals surface area contributed by atoms with E-state index in [-0.39, 0.29) is 9.46 Å². The van der Waals surface area contributed by atoms with Gasteiger partial charge in [-0.2, -0.15) is 3.71 Å². The Balaban J connectivity index is 3.31. The minimum Gasteiger partial charge on any atom is -0.493 e. The maximum Gasteiger partial charge on any atom is 0.245 e. The van der Waals surface area contributed by atoms with Gasteiger partial charge in [-0.15, -0.1) is 0 Å². The highest BCUT2D eigenvalue weighted by atomic mass is 79.9. The molecule has 1 aromatic carbocycles. The van der Waals surface area contributed by atoms with Crippen LogP contribution in [-0.4, -0.2) is 41.3 Å². The van der Waals surface area contributed by atoms with E-state index in [2.05, 4.69) is 15.9 Å². The molecule has 0 unspecified atom stereocenters. The second-order valence-corrected chi connectivity index (χ2v) is 8.56. The van der Waals surface area contributed by atoms with Gasteiger partial charge in [-0.1, -0.05) is 15.9 Å². The van der Waals surface area contributed by atoms with Gasteiger partial charge in [0, 0.05) is 11.4 Å². The summed E-state index contributed by atoms with van der Waals surface area (Å²) in [6.07, 6.45) is 1.37.